The van der Waals surface area contributed by atoms with Crippen molar-refractivity contribution in [3.8, 4) is 55.6 Å². The van der Waals surface area contributed by atoms with Crippen LogP contribution in [0.5, 0.6) is 0 Å². The van der Waals surface area contributed by atoms with Crippen LogP contribution in [0.4, 0.5) is 0 Å². The Morgan fingerprint density at radius 3 is 1.75 bits per heavy atom. The lowest BCUT2D eigenvalue weighted by Crippen LogP contribution is -2.02. The quantitative estimate of drug-likeness (QED) is 0.168. The summed E-state index contributed by atoms with van der Waals surface area (Å²) >= 11 is 1.75. The van der Waals surface area contributed by atoms with Crippen molar-refractivity contribution < 1.29 is 0 Å². The van der Waals surface area contributed by atoms with E-state index in [1.165, 1.54) is 48.4 Å². The van der Waals surface area contributed by atoms with E-state index < -0.39 is 0 Å². The van der Waals surface area contributed by atoms with Gasteiger partial charge in [0.25, 0.3) is 0 Å². The third-order valence-electron chi connectivity index (χ3n) is 12.4. The Balaban J connectivity index is 0.988. The van der Waals surface area contributed by atoms with Crippen LogP contribution in [0.3, 0.4) is 0 Å². The monoisotopic (exact) mass is 821 g/mol. The molecule has 0 saturated heterocycles. The van der Waals surface area contributed by atoms with Crippen LogP contribution in [0.15, 0.2) is 213 Å². The lowest BCUT2D eigenvalue weighted by Gasteiger charge is -2.10. The number of pyridine rings is 1. The van der Waals surface area contributed by atoms with Crippen LogP contribution in [0.2, 0.25) is 0 Å². The van der Waals surface area contributed by atoms with Gasteiger partial charge in [0.2, 0.25) is 5.95 Å². The van der Waals surface area contributed by atoms with E-state index in [0.29, 0.717) is 5.95 Å². The van der Waals surface area contributed by atoms with Gasteiger partial charge in [0.1, 0.15) is 0 Å². The fourth-order valence-corrected chi connectivity index (χ4v) is 10.6. The number of benzene rings is 8. The number of fused-ring (bicyclic) bond motifs is 9. The van der Waals surface area contributed by atoms with Crippen molar-refractivity contribution in [3.63, 3.8) is 0 Å². The molecule has 63 heavy (non-hydrogen) atoms. The lowest BCUT2D eigenvalue weighted by atomic mass is 9.98. The molecule has 13 aromatic rings. The minimum atomic E-state index is 0.648. The zero-order valence-corrected chi connectivity index (χ0v) is 34.7. The van der Waals surface area contributed by atoms with Gasteiger partial charge >= 0.3 is 0 Å². The smallest absolute Gasteiger partial charge is 0.235 e. The van der Waals surface area contributed by atoms with Crippen molar-refractivity contribution in [1.82, 2.24) is 24.1 Å². The normalized spacial score (nSPS) is 11.8. The summed E-state index contributed by atoms with van der Waals surface area (Å²) in [6, 6.07) is 71.4. The van der Waals surface area contributed by atoms with Crippen molar-refractivity contribution in [1.29, 1.82) is 0 Å². The highest BCUT2D eigenvalue weighted by molar-refractivity contribution is 7.22. The number of hydrogen-bond acceptors (Lipinski definition) is 4. The first-order valence-electron chi connectivity index (χ1n) is 21.2. The maximum atomic E-state index is 5.44. The molecular weight excluding hydrogens is 787 g/mol. The molecule has 5 nitrogen and oxygen atoms in total. The molecule has 13 rings (SSSR count). The van der Waals surface area contributed by atoms with Crippen molar-refractivity contribution in [2.24, 2.45) is 0 Å². The van der Waals surface area contributed by atoms with Crippen LogP contribution in [0.1, 0.15) is 0 Å². The predicted molar refractivity (Wildman–Crippen MR) is 263 cm³/mol. The molecule has 294 valence electrons. The fraction of sp³-hybridized carbons (Fsp3) is 0. The molecule has 0 radical (unpaired) electrons. The second kappa shape index (κ2) is 14.2. The maximum absolute atomic E-state index is 5.44. The van der Waals surface area contributed by atoms with E-state index in [4.69, 9.17) is 15.0 Å². The Morgan fingerprint density at radius 1 is 0.381 bits per heavy atom. The summed E-state index contributed by atoms with van der Waals surface area (Å²) in [5.74, 6) is 0.648. The Morgan fingerprint density at radius 2 is 0.984 bits per heavy atom. The van der Waals surface area contributed by atoms with E-state index in [2.05, 4.69) is 209 Å². The van der Waals surface area contributed by atoms with E-state index >= 15 is 0 Å². The Labute approximate surface area is 366 Å². The summed E-state index contributed by atoms with van der Waals surface area (Å²) in [5.41, 5.74) is 14.1. The molecule has 5 aromatic heterocycles. The largest absolute Gasteiger partial charge is 0.309 e. The molecule has 0 saturated carbocycles. The molecule has 0 bridgehead atoms. The van der Waals surface area contributed by atoms with Gasteiger partial charge in [-0.15, -0.1) is 11.3 Å². The highest BCUT2D eigenvalue weighted by Gasteiger charge is 2.21. The molecule has 6 heteroatoms. The molecule has 0 amide bonds. The van der Waals surface area contributed by atoms with Crippen LogP contribution < -0.4 is 0 Å². The predicted octanol–water partition coefficient (Wildman–Crippen LogP) is 15.1. The minimum Gasteiger partial charge on any atom is -0.309 e. The summed E-state index contributed by atoms with van der Waals surface area (Å²) in [6.45, 7) is 0. The average molecular weight is 822 g/mol. The van der Waals surface area contributed by atoms with Gasteiger partial charge in [-0.1, -0.05) is 140 Å². The molecule has 0 aliphatic heterocycles. The second-order valence-electron chi connectivity index (χ2n) is 16.1. The Hall–Kier alpha value is -8.19. The molecule has 0 N–H and O–H groups in total. The van der Waals surface area contributed by atoms with Gasteiger partial charge in [-0.25, -0.2) is 9.97 Å². The van der Waals surface area contributed by atoms with Crippen LogP contribution in [-0.2, 0) is 0 Å². The zero-order chi connectivity index (χ0) is 41.4. The van der Waals surface area contributed by atoms with Crippen molar-refractivity contribution >= 4 is 75.9 Å². The average Bonchev–Trinajstić information content (AvgIpc) is 4.05. The molecular formula is C57H35N5S. The molecule has 0 unspecified atom stereocenters. The van der Waals surface area contributed by atoms with Crippen molar-refractivity contribution in [2.75, 3.05) is 0 Å². The third-order valence-corrected chi connectivity index (χ3v) is 13.6. The summed E-state index contributed by atoms with van der Waals surface area (Å²) in [6.07, 6.45) is 3.95. The highest BCUT2D eigenvalue weighted by atomic mass is 32.1. The molecule has 5 heterocycles. The number of thiophene rings is 1. The van der Waals surface area contributed by atoms with Gasteiger partial charge < -0.3 is 4.57 Å². The standard InChI is InChI=1S/C57H35N5S/c1-4-15-37(16-5-1)53-33-48-56(63-53)55(38-17-6-2-7-18-38)60-57(59-48)62-51-28-26-40(32-47(51)54-44-21-11-10-14-36(44)24-29-52(54)62)42-30-41(34-58-35-42)39-25-27-50-46(31-39)45-22-12-13-23-49(45)61(50)43-19-8-3-9-20-43/h1-35H. The highest BCUT2D eigenvalue weighted by Crippen LogP contribution is 2.42. The summed E-state index contributed by atoms with van der Waals surface area (Å²) < 4.78 is 5.68. The fourth-order valence-electron chi connectivity index (χ4n) is 9.50. The number of hydrogen-bond donors (Lipinski definition) is 0. The number of aromatic nitrogens is 5. The van der Waals surface area contributed by atoms with E-state index in [9.17, 15) is 0 Å². The number of rotatable bonds is 6. The van der Waals surface area contributed by atoms with Gasteiger partial charge in [0, 0.05) is 61.2 Å². The minimum absolute atomic E-state index is 0.648. The maximum Gasteiger partial charge on any atom is 0.235 e. The van der Waals surface area contributed by atoms with E-state index in [0.717, 1.165) is 65.8 Å². The lowest BCUT2D eigenvalue weighted by molar-refractivity contribution is 1.02. The van der Waals surface area contributed by atoms with Gasteiger partial charge in [-0.3, -0.25) is 9.55 Å². The van der Waals surface area contributed by atoms with Crippen molar-refractivity contribution in [3.05, 3.63) is 213 Å². The first kappa shape index (κ1) is 35.6. The summed E-state index contributed by atoms with van der Waals surface area (Å²) in [5, 5.41) is 7.14. The van der Waals surface area contributed by atoms with Crippen LogP contribution in [0.25, 0.3) is 120 Å². The first-order chi connectivity index (χ1) is 31.2. The number of para-hydroxylation sites is 2. The van der Waals surface area contributed by atoms with Gasteiger partial charge in [0.15, 0.2) is 0 Å². The van der Waals surface area contributed by atoms with E-state index in [-0.39, 0.29) is 0 Å². The molecule has 8 aromatic carbocycles. The van der Waals surface area contributed by atoms with Crippen LogP contribution in [0, 0.1) is 0 Å². The van der Waals surface area contributed by atoms with Gasteiger partial charge in [0.05, 0.1) is 38.0 Å². The Kier molecular flexibility index (Phi) is 8.01. The van der Waals surface area contributed by atoms with Crippen LogP contribution in [-0.4, -0.2) is 24.1 Å². The molecule has 0 fully saturated rings. The van der Waals surface area contributed by atoms with Gasteiger partial charge in [-0.05, 0) is 88.1 Å². The van der Waals surface area contributed by atoms with Crippen LogP contribution >= 0.6 is 11.3 Å². The molecule has 0 spiro atoms. The Bertz CT molecular complexity index is 3900. The zero-order valence-electron chi connectivity index (χ0n) is 33.9. The molecule has 0 atom stereocenters. The molecule has 0 aliphatic rings. The van der Waals surface area contributed by atoms with Gasteiger partial charge in [-0.2, -0.15) is 0 Å². The summed E-state index contributed by atoms with van der Waals surface area (Å²) in [4.78, 5) is 16.8. The van der Waals surface area contributed by atoms with E-state index in [1.807, 2.05) is 12.4 Å². The molecule has 0 aliphatic carbocycles. The number of nitrogens with zero attached hydrogens (tertiary/aromatic N) is 5. The summed E-state index contributed by atoms with van der Waals surface area (Å²) in [7, 11) is 0. The second-order valence-corrected chi connectivity index (χ2v) is 17.1. The van der Waals surface area contributed by atoms with E-state index in [1.54, 1.807) is 11.3 Å². The third kappa shape index (κ3) is 5.73. The van der Waals surface area contributed by atoms with Crippen molar-refractivity contribution in [2.45, 2.75) is 0 Å². The topological polar surface area (TPSA) is 48.5 Å². The SMILES string of the molecule is c1ccc(-c2cc3nc(-n4c5ccc(-c6cncc(-c7ccc8c(c7)c7ccccc7n8-c7ccccc7)c6)cc5c5c6ccccc6ccc54)nc(-c4ccccc4)c3s2)cc1. The first-order valence-corrected chi connectivity index (χ1v) is 22.0.